The smallest absolute Gasteiger partial charge is 0.231 e. The number of benzene rings is 1. The molecule has 0 aromatic heterocycles. The molecule has 4 heteroatoms. The molecule has 1 saturated carbocycles. The van der Waals surface area contributed by atoms with Gasteiger partial charge < -0.3 is 9.64 Å². The number of amides is 1. The van der Waals surface area contributed by atoms with Crippen LogP contribution in [0.25, 0.3) is 0 Å². The Kier molecular flexibility index (Phi) is 4.83. The molecule has 4 rings (SSSR count). The van der Waals surface area contributed by atoms with E-state index in [1.807, 2.05) is 0 Å². The lowest BCUT2D eigenvalue weighted by atomic mass is 9.83. The quantitative estimate of drug-likeness (QED) is 0.825. The summed E-state index contributed by atoms with van der Waals surface area (Å²) in [5.74, 6) is 0.987. The standard InChI is InChI=1S/C21H30N2O2/c1-25-16-21(10-11-21)20(24)23-13-9-19-18(15-23)8-5-12-22(19)14-17-6-3-2-4-7-17/h2-4,6-7,18-19H,5,8-16H2,1H3/t18-,19+/m0/s1. The highest BCUT2D eigenvalue weighted by Crippen LogP contribution is 2.48. The van der Waals surface area contributed by atoms with Crippen LogP contribution in [-0.2, 0) is 16.1 Å². The Balaban J connectivity index is 1.39. The van der Waals surface area contributed by atoms with Crippen molar-refractivity contribution in [3.05, 3.63) is 35.9 Å². The zero-order valence-electron chi connectivity index (χ0n) is 15.3. The zero-order valence-corrected chi connectivity index (χ0v) is 15.3. The van der Waals surface area contributed by atoms with Crippen LogP contribution in [0.1, 0.15) is 37.7 Å². The van der Waals surface area contributed by atoms with Crippen LogP contribution in [0.5, 0.6) is 0 Å². The van der Waals surface area contributed by atoms with E-state index in [9.17, 15) is 4.79 Å². The van der Waals surface area contributed by atoms with E-state index in [1.165, 1.54) is 24.9 Å². The van der Waals surface area contributed by atoms with Crippen molar-refractivity contribution in [2.45, 2.75) is 44.7 Å². The molecule has 0 unspecified atom stereocenters. The third-order valence-electron chi connectivity index (χ3n) is 6.43. The van der Waals surface area contributed by atoms with Crippen LogP contribution in [0.2, 0.25) is 0 Å². The lowest BCUT2D eigenvalue weighted by molar-refractivity contribution is -0.142. The Hall–Kier alpha value is -1.39. The van der Waals surface area contributed by atoms with Gasteiger partial charge in [-0.05, 0) is 50.1 Å². The largest absolute Gasteiger partial charge is 0.384 e. The first-order chi connectivity index (χ1) is 12.2. The summed E-state index contributed by atoms with van der Waals surface area (Å²) in [6.45, 7) is 4.69. The molecular formula is C21H30N2O2. The van der Waals surface area contributed by atoms with Crippen molar-refractivity contribution < 1.29 is 9.53 Å². The van der Waals surface area contributed by atoms with E-state index in [2.05, 4.69) is 40.1 Å². The fourth-order valence-corrected chi connectivity index (χ4v) is 4.89. The number of carbonyl (C=O) groups is 1. The van der Waals surface area contributed by atoms with Crippen LogP contribution >= 0.6 is 0 Å². The fraction of sp³-hybridized carbons (Fsp3) is 0.667. The lowest BCUT2D eigenvalue weighted by Crippen LogP contribution is -2.56. The van der Waals surface area contributed by atoms with E-state index in [-0.39, 0.29) is 5.41 Å². The molecule has 3 fully saturated rings. The predicted octanol–water partition coefficient (Wildman–Crippen LogP) is 2.93. The van der Waals surface area contributed by atoms with E-state index in [0.29, 0.717) is 24.5 Å². The van der Waals surface area contributed by atoms with Gasteiger partial charge in [0.15, 0.2) is 0 Å². The second-order valence-electron chi connectivity index (χ2n) is 8.18. The fourth-order valence-electron chi connectivity index (χ4n) is 4.89. The number of ether oxygens (including phenoxy) is 1. The van der Waals surface area contributed by atoms with E-state index in [1.54, 1.807) is 7.11 Å². The second-order valence-corrected chi connectivity index (χ2v) is 8.18. The number of fused-ring (bicyclic) bond motifs is 1. The summed E-state index contributed by atoms with van der Waals surface area (Å²) < 4.78 is 5.32. The molecule has 2 aliphatic heterocycles. The highest BCUT2D eigenvalue weighted by molar-refractivity contribution is 5.85. The van der Waals surface area contributed by atoms with E-state index in [0.717, 1.165) is 38.9 Å². The summed E-state index contributed by atoms with van der Waals surface area (Å²) in [6.07, 6.45) is 5.64. The van der Waals surface area contributed by atoms with Crippen molar-refractivity contribution in [1.29, 1.82) is 0 Å². The average molecular weight is 342 g/mol. The normalized spacial score (nSPS) is 28.4. The molecule has 0 radical (unpaired) electrons. The summed E-state index contributed by atoms with van der Waals surface area (Å²) in [7, 11) is 1.71. The van der Waals surface area contributed by atoms with Crippen molar-refractivity contribution in [2.24, 2.45) is 11.3 Å². The summed E-state index contributed by atoms with van der Waals surface area (Å²) in [5.41, 5.74) is 1.22. The molecule has 2 saturated heterocycles. The predicted molar refractivity (Wildman–Crippen MR) is 98.1 cm³/mol. The van der Waals surface area contributed by atoms with Crippen molar-refractivity contribution in [3.63, 3.8) is 0 Å². The molecule has 3 aliphatic rings. The summed E-state index contributed by atoms with van der Waals surface area (Å²) in [4.78, 5) is 17.8. The van der Waals surface area contributed by atoms with Crippen molar-refractivity contribution >= 4 is 5.91 Å². The number of nitrogens with zero attached hydrogens (tertiary/aromatic N) is 2. The van der Waals surface area contributed by atoms with Gasteiger partial charge in [0.25, 0.3) is 0 Å². The molecular weight excluding hydrogens is 312 g/mol. The van der Waals surface area contributed by atoms with Gasteiger partial charge in [-0.15, -0.1) is 0 Å². The van der Waals surface area contributed by atoms with E-state index < -0.39 is 0 Å². The number of hydrogen-bond donors (Lipinski definition) is 0. The van der Waals surface area contributed by atoms with Crippen LogP contribution in [0.4, 0.5) is 0 Å². The first-order valence-electron chi connectivity index (χ1n) is 9.78. The number of rotatable bonds is 5. The first kappa shape index (κ1) is 17.0. The van der Waals surface area contributed by atoms with Gasteiger partial charge in [0.05, 0.1) is 12.0 Å². The number of methoxy groups -OCH3 is 1. The maximum atomic E-state index is 13.0. The van der Waals surface area contributed by atoms with Gasteiger partial charge >= 0.3 is 0 Å². The van der Waals surface area contributed by atoms with Gasteiger partial charge in [0.1, 0.15) is 0 Å². The van der Waals surface area contributed by atoms with Gasteiger partial charge in [0.2, 0.25) is 5.91 Å². The Morgan fingerprint density at radius 3 is 2.72 bits per heavy atom. The number of carbonyl (C=O) groups excluding carboxylic acids is 1. The molecule has 0 N–H and O–H groups in total. The van der Waals surface area contributed by atoms with Gasteiger partial charge in [-0.25, -0.2) is 0 Å². The summed E-state index contributed by atoms with van der Waals surface area (Å²) in [6, 6.07) is 11.4. The topological polar surface area (TPSA) is 32.8 Å². The Labute approximate surface area is 151 Å². The van der Waals surface area contributed by atoms with E-state index >= 15 is 0 Å². The van der Waals surface area contributed by atoms with Crippen molar-refractivity contribution in [3.8, 4) is 0 Å². The minimum atomic E-state index is -0.181. The van der Waals surface area contributed by atoms with Gasteiger partial charge in [0, 0.05) is 32.8 Å². The third-order valence-corrected chi connectivity index (χ3v) is 6.43. The number of hydrogen-bond acceptors (Lipinski definition) is 3. The minimum Gasteiger partial charge on any atom is -0.384 e. The Morgan fingerprint density at radius 2 is 2.00 bits per heavy atom. The number of likely N-dealkylation sites (tertiary alicyclic amines) is 2. The van der Waals surface area contributed by atoms with Crippen LogP contribution in [0.15, 0.2) is 30.3 Å². The molecule has 0 spiro atoms. The van der Waals surface area contributed by atoms with Crippen molar-refractivity contribution in [1.82, 2.24) is 9.80 Å². The van der Waals surface area contributed by atoms with Crippen LogP contribution < -0.4 is 0 Å². The Bertz CT molecular complexity index is 599. The molecule has 2 atom stereocenters. The van der Waals surface area contributed by atoms with Gasteiger partial charge in [-0.2, -0.15) is 0 Å². The highest BCUT2D eigenvalue weighted by Gasteiger charge is 2.52. The summed E-state index contributed by atoms with van der Waals surface area (Å²) >= 11 is 0. The second kappa shape index (κ2) is 7.08. The van der Waals surface area contributed by atoms with Crippen molar-refractivity contribution in [2.75, 3.05) is 33.4 Å². The van der Waals surface area contributed by atoms with Crippen LogP contribution in [-0.4, -0.2) is 55.1 Å². The molecule has 1 aliphatic carbocycles. The minimum absolute atomic E-state index is 0.181. The van der Waals surface area contributed by atoms with Gasteiger partial charge in [-0.3, -0.25) is 9.69 Å². The number of piperidine rings is 2. The molecule has 1 amide bonds. The highest BCUT2D eigenvalue weighted by atomic mass is 16.5. The third kappa shape index (κ3) is 3.47. The Morgan fingerprint density at radius 1 is 1.20 bits per heavy atom. The maximum absolute atomic E-state index is 13.0. The van der Waals surface area contributed by atoms with E-state index in [4.69, 9.17) is 4.74 Å². The van der Waals surface area contributed by atoms with Gasteiger partial charge in [-0.1, -0.05) is 30.3 Å². The maximum Gasteiger partial charge on any atom is 0.231 e. The lowest BCUT2D eigenvalue weighted by Gasteiger charge is -2.48. The molecule has 136 valence electrons. The average Bonchev–Trinajstić information content (AvgIpc) is 3.43. The molecule has 4 nitrogen and oxygen atoms in total. The monoisotopic (exact) mass is 342 g/mol. The van der Waals surface area contributed by atoms with Crippen LogP contribution in [0.3, 0.4) is 0 Å². The molecule has 2 heterocycles. The molecule has 1 aromatic rings. The SMILES string of the molecule is COCC1(C(=O)N2CC[C@@H]3[C@@H](CCCN3Cc3ccccc3)C2)CC1. The molecule has 0 bridgehead atoms. The first-order valence-corrected chi connectivity index (χ1v) is 9.78. The summed E-state index contributed by atoms with van der Waals surface area (Å²) in [5, 5.41) is 0. The van der Waals surface area contributed by atoms with Crippen LogP contribution in [0, 0.1) is 11.3 Å². The molecule has 1 aromatic carbocycles. The molecule has 25 heavy (non-hydrogen) atoms. The zero-order chi connectivity index (χ0) is 17.3.